The van der Waals surface area contributed by atoms with Crippen LogP contribution in [0.15, 0.2) is 18.2 Å². The van der Waals surface area contributed by atoms with Crippen molar-refractivity contribution in [1.82, 2.24) is 0 Å². The molecule has 0 aromatic heterocycles. The van der Waals surface area contributed by atoms with Gasteiger partial charge in [0.15, 0.2) is 0 Å². The van der Waals surface area contributed by atoms with Crippen LogP contribution < -0.4 is 11.1 Å². The van der Waals surface area contributed by atoms with Crippen molar-refractivity contribution in [1.29, 1.82) is 0 Å². The number of nitrogens with one attached hydrogen (secondary N) is 1. The minimum Gasteiger partial charge on any atom is -0.444 e. The summed E-state index contributed by atoms with van der Waals surface area (Å²) in [6, 6.07) is 5.86. The molecule has 1 aromatic carbocycles. The number of carbonyl (C=O) groups is 1. The van der Waals surface area contributed by atoms with Crippen LogP contribution in [0.4, 0.5) is 10.5 Å². The van der Waals surface area contributed by atoms with E-state index in [1.165, 1.54) is 5.56 Å². The first-order valence-corrected chi connectivity index (χ1v) is 6.47. The number of rotatable bonds is 1. The Morgan fingerprint density at radius 3 is 2.26 bits per heavy atom. The molecule has 0 bridgehead atoms. The quantitative estimate of drug-likeness (QED) is 0.816. The van der Waals surface area contributed by atoms with E-state index in [-0.39, 0.29) is 0 Å². The first-order valence-electron chi connectivity index (χ1n) is 6.47. The maximum absolute atomic E-state index is 11.5. The minimum atomic E-state index is -0.470. The number of hydrogen-bond acceptors (Lipinski definition) is 3. The summed E-state index contributed by atoms with van der Waals surface area (Å²) in [7, 11) is 0. The summed E-state index contributed by atoms with van der Waals surface area (Å²) in [5.74, 6) is 0. The molecule has 1 aromatic rings. The lowest BCUT2D eigenvalue weighted by molar-refractivity contribution is 0.0636. The van der Waals surface area contributed by atoms with Gasteiger partial charge in [0, 0.05) is 5.69 Å². The van der Waals surface area contributed by atoms with Gasteiger partial charge in [-0.1, -0.05) is 24.6 Å². The molecule has 4 nitrogen and oxygen atoms in total. The fourth-order valence-electron chi connectivity index (χ4n) is 1.37. The standard InChI is InChI=1S/C13H19NO2.C2H7N/c1-9-6-7-11(10(2)8-9)14-12(15)16-13(3,4)5;1-2-3/h6-8H,1-5H3,(H,14,15);2-3H2,1H3. The van der Waals surface area contributed by atoms with Crippen molar-refractivity contribution in [2.45, 2.75) is 47.1 Å². The van der Waals surface area contributed by atoms with E-state index in [0.717, 1.165) is 17.8 Å². The van der Waals surface area contributed by atoms with Gasteiger partial charge in [-0.15, -0.1) is 0 Å². The van der Waals surface area contributed by atoms with Crippen LogP contribution in [-0.2, 0) is 4.74 Å². The van der Waals surface area contributed by atoms with Gasteiger partial charge in [-0.3, -0.25) is 5.32 Å². The third-order valence-electron chi connectivity index (χ3n) is 2.02. The summed E-state index contributed by atoms with van der Waals surface area (Å²) in [6.45, 7) is 12.2. The number of ether oxygens (including phenoxy) is 1. The third-order valence-corrected chi connectivity index (χ3v) is 2.02. The number of amides is 1. The summed E-state index contributed by atoms with van der Waals surface area (Å²) in [4.78, 5) is 11.5. The van der Waals surface area contributed by atoms with E-state index in [0.29, 0.717) is 0 Å². The second-order valence-electron chi connectivity index (χ2n) is 5.35. The van der Waals surface area contributed by atoms with Gasteiger partial charge >= 0.3 is 6.09 Å². The molecule has 0 heterocycles. The molecule has 0 aliphatic rings. The molecule has 1 rings (SSSR count). The largest absolute Gasteiger partial charge is 0.444 e. The number of aryl methyl sites for hydroxylation is 2. The fraction of sp³-hybridized carbons (Fsp3) is 0.533. The molecule has 0 atom stereocenters. The van der Waals surface area contributed by atoms with Gasteiger partial charge in [0.05, 0.1) is 0 Å². The second-order valence-corrected chi connectivity index (χ2v) is 5.35. The molecule has 19 heavy (non-hydrogen) atoms. The first kappa shape index (κ1) is 17.4. The van der Waals surface area contributed by atoms with E-state index in [2.05, 4.69) is 5.32 Å². The average Bonchev–Trinajstić information content (AvgIpc) is 2.20. The lowest BCUT2D eigenvalue weighted by Gasteiger charge is -2.20. The van der Waals surface area contributed by atoms with Crippen molar-refractivity contribution < 1.29 is 9.53 Å². The number of benzene rings is 1. The molecule has 1 amide bonds. The number of nitrogens with two attached hydrogens (primary N) is 1. The molecule has 4 heteroatoms. The summed E-state index contributed by atoms with van der Waals surface area (Å²) >= 11 is 0. The van der Waals surface area contributed by atoms with E-state index >= 15 is 0 Å². The average molecular weight is 266 g/mol. The molecule has 0 unspecified atom stereocenters. The van der Waals surface area contributed by atoms with Crippen molar-refractivity contribution in [2.75, 3.05) is 11.9 Å². The Labute approximate surface area is 116 Å². The molecule has 108 valence electrons. The third kappa shape index (κ3) is 8.21. The summed E-state index contributed by atoms with van der Waals surface area (Å²) < 4.78 is 5.18. The Morgan fingerprint density at radius 1 is 1.32 bits per heavy atom. The highest BCUT2D eigenvalue weighted by Gasteiger charge is 2.16. The first-order chi connectivity index (χ1) is 8.69. The predicted molar refractivity (Wildman–Crippen MR) is 80.5 cm³/mol. The highest BCUT2D eigenvalue weighted by molar-refractivity contribution is 5.85. The van der Waals surface area contributed by atoms with Crippen LogP contribution in [0.1, 0.15) is 38.8 Å². The predicted octanol–water partition coefficient (Wildman–Crippen LogP) is 3.62. The Kier molecular flexibility index (Phi) is 7.16. The zero-order chi connectivity index (χ0) is 15.1. The van der Waals surface area contributed by atoms with Crippen molar-refractivity contribution in [3.05, 3.63) is 29.3 Å². The smallest absolute Gasteiger partial charge is 0.412 e. The number of carbonyl (C=O) groups excluding carboxylic acids is 1. The Hall–Kier alpha value is -1.55. The topological polar surface area (TPSA) is 64.3 Å². The van der Waals surface area contributed by atoms with E-state index < -0.39 is 11.7 Å². The molecule has 0 fully saturated rings. The van der Waals surface area contributed by atoms with Gasteiger partial charge in [0.25, 0.3) is 0 Å². The number of anilines is 1. The molecule has 3 N–H and O–H groups in total. The highest BCUT2D eigenvalue weighted by Crippen LogP contribution is 2.17. The van der Waals surface area contributed by atoms with Gasteiger partial charge in [-0.2, -0.15) is 0 Å². The van der Waals surface area contributed by atoms with E-state index in [4.69, 9.17) is 10.5 Å². The highest BCUT2D eigenvalue weighted by atomic mass is 16.6. The zero-order valence-electron chi connectivity index (χ0n) is 12.8. The van der Waals surface area contributed by atoms with Crippen LogP contribution in [0.5, 0.6) is 0 Å². The maximum Gasteiger partial charge on any atom is 0.412 e. The van der Waals surface area contributed by atoms with Crippen molar-refractivity contribution >= 4 is 11.8 Å². The van der Waals surface area contributed by atoms with Crippen molar-refractivity contribution in [3.63, 3.8) is 0 Å². The maximum atomic E-state index is 11.5. The lowest BCUT2D eigenvalue weighted by Crippen LogP contribution is -2.27. The lowest BCUT2D eigenvalue weighted by atomic mass is 10.1. The zero-order valence-corrected chi connectivity index (χ0v) is 12.8. The Morgan fingerprint density at radius 2 is 1.84 bits per heavy atom. The van der Waals surface area contributed by atoms with Gasteiger partial charge in [-0.25, -0.2) is 4.79 Å². The molecule has 0 saturated carbocycles. The van der Waals surface area contributed by atoms with Crippen LogP contribution in [0, 0.1) is 13.8 Å². The van der Waals surface area contributed by atoms with E-state index in [1.54, 1.807) is 0 Å². The summed E-state index contributed by atoms with van der Waals surface area (Å²) in [5, 5.41) is 2.73. The Balaban J connectivity index is 0.000000982. The molecular formula is C15H26N2O2. The molecular weight excluding hydrogens is 240 g/mol. The molecule has 0 saturated heterocycles. The van der Waals surface area contributed by atoms with E-state index in [9.17, 15) is 4.79 Å². The molecule has 0 radical (unpaired) electrons. The van der Waals surface area contributed by atoms with Gasteiger partial charge in [0.2, 0.25) is 0 Å². The van der Waals surface area contributed by atoms with Crippen molar-refractivity contribution in [3.8, 4) is 0 Å². The van der Waals surface area contributed by atoms with Gasteiger partial charge in [-0.05, 0) is 52.8 Å². The Bertz CT molecular complexity index is 409. The fourth-order valence-corrected chi connectivity index (χ4v) is 1.37. The van der Waals surface area contributed by atoms with Crippen molar-refractivity contribution in [2.24, 2.45) is 5.73 Å². The van der Waals surface area contributed by atoms with Crippen LogP contribution in [-0.4, -0.2) is 18.2 Å². The summed E-state index contributed by atoms with van der Waals surface area (Å²) in [5.41, 5.74) is 7.38. The minimum absolute atomic E-state index is 0.417. The van der Waals surface area contributed by atoms with Crippen LogP contribution in [0.3, 0.4) is 0 Å². The molecule has 0 spiro atoms. The molecule has 0 aliphatic carbocycles. The molecule has 0 aliphatic heterocycles. The normalized spacial score (nSPS) is 10.3. The summed E-state index contributed by atoms with van der Waals surface area (Å²) in [6.07, 6.45) is -0.417. The number of hydrogen-bond donors (Lipinski definition) is 2. The van der Waals surface area contributed by atoms with Gasteiger partial charge in [0.1, 0.15) is 5.60 Å². The monoisotopic (exact) mass is 266 g/mol. The SMILES string of the molecule is CCN.Cc1ccc(NC(=O)OC(C)(C)C)c(C)c1. The van der Waals surface area contributed by atoms with Crippen LogP contribution in [0.25, 0.3) is 0 Å². The van der Waals surface area contributed by atoms with Crippen LogP contribution in [0.2, 0.25) is 0 Å². The second kappa shape index (κ2) is 7.79. The van der Waals surface area contributed by atoms with Gasteiger partial charge < -0.3 is 10.5 Å². The van der Waals surface area contributed by atoms with E-state index in [1.807, 2.05) is 59.7 Å². The van der Waals surface area contributed by atoms with Crippen LogP contribution >= 0.6 is 0 Å².